The first-order valence-electron chi connectivity index (χ1n) is 8.95. The lowest BCUT2D eigenvalue weighted by atomic mass is 9.99. The van der Waals surface area contributed by atoms with E-state index < -0.39 is 15.8 Å². The highest BCUT2D eigenvalue weighted by Crippen LogP contribution is 2.24. The SMILES string of the molecule is Cc1ccc(S(=O)(=O)Nc2ccccc2F)cc1C(=O)N1CCCC(C)C1. The van der Waals surface area contributed by atoms with Gasteiger partial charge < -0.3 is 4.90 Å². The number of hydrogen-bond donors (Lipinski definition) is 1. The summed E-state index contributed by atoms with van der Waals surface area (Å²) in [5, 5.41) is 0. The van der Waals surface area contributed by atoms with E-state index in [1.807, 2.05) is 0 Å². The Hall–Kier alpha value is -2.41. The number of rotatable bonds is 4. The average molecular weight is 390 g/mol. The maximum atomic E-state index is 13.8. The zero-order valence-electron chi connectivity index (χ0n) is 15.4. The number of sulfonamides is 1. The quantitative estimate of drug-likeness (QED) is 0.863. The van der Waals surface area contributed by atoms with E-state index in [4.69, 9.17) is 0 Å². The molecule has 0 spiro atoms. The van der Waals surface area contributed by atoms with E-state index in [1.165, 1.54) is 30.3 Å². The number of aryl methyl sites for hydroxylation is 1. The summed E-state index contributed by atoms with van der Waals surface area (Å²) < 4.78 is 41.4. The number of carbonyl (C=O) groups is 1. The highest BCUT2D eigenvalue weighted by Gasteiger charge is 2.25. The average Bonchev–Trinajstić information content (AvgIpc) is 2.63. The normalized spacial score (nSPS) is 17.6. The van der Waals surface area contributed by atoms with Crippen LogP contribution in [0.4, 0.5) is 10.1 Å². The predicted octanol–water partition coefficient (Wildman–Crippen LogP) is 3.81. The van der Waals surface area contributed by atoms with Crippen LogP contribution in [0.5, 0.6) is 0 Å². The number of halogens is 1. The number of para-hydroxylation sites is 1. The van der Waals surface area contributed by atoms with Crippen LogP contribution in [0.1, 0.15) is 35.7 Å². The summed E-state index contributed by atoms with van der Waals surface area (Å²) in [6.45, 7) is 5.22. The maximum absolute atomic E-state index is 13.8. The van der Waals surface area contributed by atoms with Gasteiger partial charge in [0, 0.05) is 18.7 Å². The Morgan fingerprint density at radius 1 is 1.22 bits per heavy atom. The minimum absolute atomic E-state index is 0.0650. The Kier molecular flexibility index (Phi) is 5.51. The topological polar surface area (TPSA) is 66.5 Å². The van der Waals surface area contributed by atoms with Crippen LogP contribution in [0.25, 0.3) is 0 Å². The first kappa shape index (κ1) is 19.4. The first-order chi connectivity index (χ1) is 12.8. The van der Waals surface area contributed by atoms with Crippen LogP contribution >= 0.6 is 0 Å². The Bertz CT molecular complexity index is 959. The minimum Gasteiger partial charge on any atom is -0.338 e. The molecule has 0 radical (unpaired) electrons. The molecule has 27 heavy (non-hydrogen) atoms. The molecule has 0 saturated carbocycles. The number of carbonyl (C=O) groups excluding carboxylic acids is 1. The van der Waals surface area contributed by atoms with E-state index >= 15 is 0 Å². The van der Waals surface area contributed by atoms with Crippen LogP contribution < -0.4 is 4.72 Å². The first-order valence-corrected chi connectivity index (χ1v) is 10.4. The van der Waals surface area contributed by atoms with E-state index in [0.29, 0.717) is 30.1 Å². The van der Waals surface area contributed by atoms with Gasteiger partial charge in [-0.15, -0.1) is 0 Å². The van der Waals surface area contributed by atoms with Crippen molar-refractivity contribution in [3.8, 4) is 0 Å². The molecule has 1 aliphatic heterocycles. The Balaban J connectivity index is 1.90. The molecule has 1 saturated heterocycles. The molecule has 1 unspecified atom stereocenters. The van der Waals surface area contributed by atoms with Crippen LogP contribution in [0.3, 0.4) is 0 Å². The van der Waals surface area contributed by atoms with Crippen molar-refractivity contribution in [1.29, 1.82) is 0 Å². The van der Waals surface area contributed by atoms with Gasteiger partial charge in [0.15, 0.2) is 0 Å². The van der Waals surface area contributed by atoms with Crippen molar-refractivity contribution >= 4 is 21.6 Å². The molecule has 3 rings (SSSR count). The molecule has 1 heterocycles. The summed E-state index contributed by atoms with van der Waals surface area (Å²) >= 11 is 0. The Morgan fingerprint density at radius 3 is 2.67 bits per heavy atom. The smallest absolute Gasteiger partial charge is 0.262 e. The molecule has 2 aromatic rings. The van der Waals surface area contributed by atoms with Crippen LogP contribution in [0.15, 0.2) is 47.4 Å². The molecule has 1 aliphatic rings. The molecule has 0 aliphatic carbocycles. The van der Waals surface area contributed by atoms with E-state index in [2.05, 4.69) is 11.6 Å². The van der Waals surface area contributed by atoms with Gasteiger partial charge in [-0.05, 0) is 55.5 Å². The van der Waals surface area contributed by atoms with Gasteiger partial charge >= 0.3 is 0 Å². The van der Waals surface area contributed by atoms with Gasteiger partial charge in [-0.2, -0.15) is 0 Å². The van der Waals surface area contributed by atoms with Crippen molar-refractivity contribution in [1.82, 2.24) is 4.90 Å². The standard InChI is InChI=1S/C20H23FN2O3S/c1-14-6-5-11-23(13-14)20(24)17-12-16(10-9-15(17)2)27(25,26)22-19-8-4-3-7-18(19)21/h3-4,7-10,12,14,22H,5-6,11,13H2,1-2H3. The molecule has 1 amide bonds. The molecule has 1 N–H and O–H groups in total. The van der Waals surface area contributed by atoms with Crippen molar-refractivity contribution in [2.45, 2.75) is 31.6 Å². The van der Waals surface area contributed by atoms with Crippen molar-refractivity contribution in [3.63, 3.8) is 0 Å². The number of anilines is 1. The number of hydrogen-bond acceptors (Lipinski definition) is 3. The third kappa shape index (κ3) is 4.30. The van der Waals surface area contributed by atoms with Crippen molar-refractivity contribution in [2.75, 3.05) is 17.8 Å². The second kappa shape index (κ2) is 7.68. The molecule has 1 atom stereocenters. The fraction of sp³-hybridized carbons (Fsp3) is 0.350. The van der Waals surface area contributed by atoms with Crippen LogP contribution in [-0.2, 0) is 10.0 Å². The minimum atomic E-state index is -4.01. The van der Waals surface area contributed by atoms with Crippen molar-refractivity contribution < 1.29 is 17.6 Å². The van der Waals surface area contributed by atoms with Crippen LogP contribution in [-0.4, -0.2) is 32.3 Å². The van der Waals surface area contributed by atoms with E-state index in [0.717, 1.165) is 12.8 Å². The summed E-state index contributed by atoms with van der Waals surface area (Å²) in [7, 11) is -4.01. The second-order valence-electron chi connectivity index (χ2n) is 7.06. The second-order valence-corrected chi connectivity index (χ2v) is 8.74. The number of amides is 1. The summed E-state index contributed by atoms with van der Waals surface area (Å²) in [6.07, 6.45) is 2.03. The highest BCUT2D eigenvalue weighted by molar-refractivity contribution is 7.92. The largest absolute Gasteiger partial charge is 0.338 e. The number of nitrogens with one attached hydrogen (secondary N) is 1. The zero-order chi connectivity index (χ0) is 19.6. The lowest BCUT2D eigenvalue weighted by molar-refractivity contribution is 0.0682. The molecule has 5 nitrogen and oxygen atoms in total. The summed E-state index contributed by atoms with van der Waals surface area (Å²) in [4.78, 5) is 14.6. The number of piperidine rings is 1. The van der Waals surface area contributed by atoms with Gasteiger partial charge in [0.25, 0.3) is 15.9 Å². The lowest BCUT2D eigenvalue weighted by Crippen LogP contribution is -2.39. The third-order valence-electron chi connectivity index (χ3n) is 4.81. The predicted molar refractivity (Wildman–Crippen MR) is 103 cm³/mol. The molecular formula is C20H23FN2O3S. The maximum Gasteiger partial charge on any atom is 0.262 e. The number of nitrogens with zero attached hydrogens (tertiary/aromatic N) is 1. The molecule has 0 bridgehead atoms. The van der Waals surface area contributed by atoms with Crippen LogP contribution in [0.2, 0.25) is 0 Å². The molecule has 0 aromatic heterocycles. The van der Waals surface area contributed by atoms with E-state index in [9.17, 15) is 17.6 Å². The van der Waals surface area contributed by atoms with Gasteiger partial charge in [0.2, 0.25) is 0 Å². The fourth-order valence-corrected chi connectivity index (χ4v) is 4.38. The van der Waals surface area contributed by atoms with E-state index in [1.54, 1.807) is 24.0 Å². The lowest BCUT2D eigenvalue weighted by Gasteiger charge is -2.31. The summed E-state index contributed by atoms with van der Waals surface area (Å²) in [5.41, 5.74) is 0.944. The third-order valence-corrected chi connectivity index (χ3v) is 6.18. The van der Waals surface area contributed by atoms with Gasteiger partial charge in [-0.25, -0.2) is 12.8 Å². The van der Waals surface area contributed by atoms with Gasteiger partial charge in [0.1, 0.15) is 5.82 Å². The molecule has 2 aromatic carbocycles. The summed E-state index contributed by atoms with van der Waals surface area (Å²) in [6, 6.07) is 9.96. The molecule has 1 fully saturated rings. The number of benzene rings is 2. The van der Waals surface area contributed by atoms with E-state index in [-0.39, 0.29) is 16.5 Å². The van der Waals surface area contributed by atoms with Crippen molar-refractivity contribution in [2.24, 2.45) is 5.92 Å². The van der Waals surface area contributed by atoms with Crippen molar-refractivity contribution in [3.05, 3.63) is 59.4 Å². The molecule has 144 valence electrons. The molecular weight excluding hydrogens is 367 g/mol. The van der Waals surface area contributed by atoms with Gasteiger partial charge in [-0.3, -0.25) is 9.52 Å². The highest BCUT2D eigenvalue weighted by atomic mass is 32.2. The zero-order valence-corrected chi connectivity index (χ0v) is 16.2. The van der Waals surface area contributed by atoms with Crippen LogP contribution in [0, 0.1) is 18.7 Å². The summed E-state index contributed by atoms with van der Waals surface area (Å²) in [5.74, 6) is -0.397. The van der Waals surface area contributed by atoms with Gasteiger partial charge in [0.05, 0.1) is 10.6 Å². The fourth-order valence-electron chi connectivity index (χ4n) is 3.29. The monoisotopic (exact) mass is 390 g/mol. The molecule has 7 heteroatoms. The Morgan fingerprint density at radius 2 is 1.96 bits per heavy atom. The van der Waals surface area contributed by atoms with Gasteiger partial charge in [-0.1, -0.05) is 25.1 Å². The Labute approximate surface area is 159 Å². The number of likely N-dealkylation sites (tertiary alicyclic amines) is 1.